The van der Waals surface area contributed by atoms with E-state index < -0.39 is 6.04 Å². The molecule has 0 aliphatic carbocycles. The smallest absolute Gasteiger partial charge is 0.255 e. The van der Waals surface area contributed by atoms with E-state index in [2.05, 4.69) is 22.5 Å². The van der Waals surface area contributed by atoms with E-state index in [1.165, 1.54) is 0 Å². The first-order valence-electron chi connectivity index (χ1n) is 10.7. The normalized spacial score (nSPS) is 15.3. The van der Waals surface area contributed by atoms with E-state index in [1.54, 1.807) is 16.4 Å². The number of aryl methyl sites for hydroxylation is 1. The molecule has 4 rings (SSSR count). The zero-order chi connectivity index (χ0) is 22.7. The maximum atomic E-state index is 13.5. The Kier molecular flexibility index (Phi) is 6.86. The van der Waals surface area contributed by atoms with E-state index in [0.29, 0.717) is 21.7 Å². The van der Waals surface area contributed by atoms with Crippen molar-refractivity contribution in [1.29, 1.82) is 0 Å². The van der Waals surface area contributed by atoms with Gasteiger partial charge in [-0.2, -0.15) is 4.98 Å². The molecule has 1 amide bonds. The molecule has 6 nitrogen and oxygen atoms in total. The Morgan fingerprint density at radius 3 is 2.78 bits per heavy atom. The number of hydrogen-bond donors (Lipinski definition) is 2. The molecule has 0 radical (unpaired) electrons. The van der Waals surface area contributed by atoms with Crippen LogP contribution in [0.3, 0.4) is 0 Å². The van der Waals surface area contributed by atoms with Crippen LogP contribution in [0.4, 0.5) is 11.6 Å². The van der Waals surface area contributed by atoms with Gasteiger partial charge in [0.05, 0.1) is 5.57 Å². The molecule has 8 heteroatoms. The number of aromatic nitrogens is 3. The van der Waals surface area contributed by atoms with Gasteiger partial charge in [0.2, 0.25) is 11.1 Å². The Hall–Kier alpha value is -2.77. The number of unbranched alkanes of at least 4 members (excludes halogenated alkanes) is 1. The van der Waals surface area contributed by atoms with Crippen molar-refractivity contribution in [2.75, 3.05) is 16.4 Å². The van der Waals surface area contributed by atoms with Crippen LogP contribution in [0.1, 0.15) is 43.9 Å². The zero-order valence-electron chi connectivity index (χ0n) is 18.4. The first-order valence-corrected chi connectivity index (χ1v) is 12.0. The third kappa shape index (κ3) is 4.69. The third-order valence-electron chi connectivity index (χ3n) is 5.36. The van der Waals surface area contributed by atoms with Crippen LogP contribution in [-0.4, -0.2) is 26.4 Å². The van der Waals surface area contributed by atoms with E-state index in [1.807, 2.05) is 62.4 Å². The summed E-state index contributed by atoms with van der Waals surface area (Å²) < 4.78 is 1.79. The lowest BCUT2D eigenvalue weighted by Gasteiger charge is -2.29. The van der Waals surface area contributed by atoms with Crippen LogP contribution in [-0.2, 0) is 4.79 Å². The highest BCUT2D eigenvalue weighted by Gasteiger charge is 2.34. The summed E-state index contributed by atoms with van der Waals surface area (Å²) in [4.78, 5) is 18.2. The highest BCUT2D eigenvalue weighted by molar-refractivity contribution is 7.99. The molecule has 2 N–H and O–H groups in total. The molecule has 0 bridgehead atoms. The number of nitrogens with zero attached hydrogens (tertiary/aromatic N) is 3. The minimum Gasteiger partial charge on any atom is -0.328 e. The summed E-state index contributed by atoms with van der Waals surface area (Å²) in [5, 5.41) is 12.4. The van der Waals surface area contributed by atoms with E-state index in [-0.39, 0.29) is 5.91 Å². The van der Waals surface area contributed by atoms with Gasteiger partial charge >= 0.3 is 0 Å². The fourth-order valence-electron chi connectivity index (χ4n) is 3.68. The van der Waals surface area contributed by atoms with Crippen molar-refractivity contribution in [3.63, 3.8) is 0 Å². The molecule has 32 heavy (non-hydrogen) atoms. The van der Waals surface area contributed by atoms with Gasteiger partial charge in [-0.15, -0.1) is 5.10 Å². The van der Waals surface area contributed by atoms with Gasteiger partial charge in [-0.05, 0) is 49.6 Å². The number of rotatable bonds is 7. The first-order chi connectivity index (χ1) is 15.5. The Labute approximate surface area is 197 Å². The third-order valence-corrected chi connectivity index (χ3v) is 6.52. The number of thioether (sulfide) groups is 1. The summed E-state index contributed by atoms with van der Waals surface area (Å²) in [5.41, 5.74) is 3.98. The molecule has 1 aliphatic heterocycles. The maximum absolute atomic E-state index is 13.5. The second-order valence-corrected chi connectivity index (χ2v) is 9.25. The Balaban J connectivity index is 1.74. The molecule has 166 valence electrons. The number of hydrogen-bond acceptors (Lipinski definition) is 5. The fourth-order valence-corrected chi connectivity index (χ4v) is 4.79. The summed E-state index contributed by atoms with van der Waals surface area (Å²) in [5.74, 6) is 1.39. The van der Waals surface area contributed by atoms with Crippen molar-refractivity contribution in [3.8, 4) is 0 Å². The van der Waals surface area contributed by atoms with Gasteiger partial charge < -0.3 is 10.6 Å². The van der Waals surface area contributed by atoms with Crippen LogP contribution in [0.5, 0.6) is 0 Å². The van der Waals surface area contributed by atoms with E-state index in [0.717, 1.165) is 41.1 Å². The van der Waals surface area contributed by atoms with Crippen LogP contribution in [0.15, 0.2) is 65.0 Å². The monoisotopic (exact) mass is 467 g/mol. The molecule has 2 aromatic carbocycles. The van der Waals surface area contributed by atoms with Crippen LogP contribution >= 0.6 is 23.4 Å². The van der Waals surface area contributed by atoms with Gasteiger partial charge in [0, 0.05) is 22.2 Å². The molecule has 1 aliphatic rings. The van der Waals surface area contributed by atoms with Crippen LogP contribution in [0, 0.1) is 6.92 Å². The minimum absolute atomic E-state index is 0.185. The Bertz CT molecular complexity index is 1170. The largest absolute Gasteiger partial charge is 0.328 e. The molecule has 0 fully saturated rings. The minimum atomic E-state index is -0.443. The van der Waals surface area contributed by atoms with Crippen molar-refractivity contribution < 1.29 is 4.79 Å². The molecule has 1 unspecified atom stereocenters. The summed E-state index contributed by atoms with van der Waals surface area (Å²) in [7, 11) is 0. The second-order valence-electron chi connectivity index (χ2n) is 7.75. The molecule has 2 heterocycles. The number of fused-ring (bicyclic) bond motifs is 1. The van der Waals surface area contributed by atoms with E-state index in [4.69, 9.17) is 16.7 Å². The predicted molar refractivity (Wildman–Crippen MR) is 131 cm³/mol. The molecule has 0 spiro atoms. The summed E-state index contributed by atoms with van der Waals surface area (Å²) in [6.45, 7) is 6.03. The second kappa shape index (κ2) is 9.79. The molecular weight excluding hydrogens is 442 g/mol. The number of allylic oxidation sites excluding steroid dienone is 1. The van der Waals surface area contributed by atoms with Crippen LogP contribution < -0.4 is 10.6 Å². The SMILES string of the molecule is CCCCSc1nc2n(n1)C(c1cccc(Cl)c1)C(C(=O)Nc1ccccc1C)=C(C)N2. The topological polar surface area (TPSA) is 71.8 Å². The molecule has 0 saturated carbocycles. The number of anilines is 2. The van der Waals surface area contributed by atoms with Crippen molar-refractivity contribution in [2.24, 2.45) is 0 Å². The fraction of sp³-hybridized carbons (Fsp3) is 0.292. The van der Waals surface area contributed by atoms with Gasteiger partial charge in [-0.25, -0.2) is 4.68 Å². The van der Waals surface area contributed by atoms with E-state index >= 15 is 0 Å². The number of benzene rings is 2. The van der Waals surface area contributed by atoms with Gasteiger partial charge in [0.15, 0.2) is 0 Å². The average Bonchev–Trinajstić information content (AvgIpc) is 3.16. The lowest BCUT2D eigenvalue weighted by molar-refractivity contribution is -0.113. The van der Waals surface area contributed by atoms with Gasteiger partial charge in [-0.1, -0.05) is 67.0 Å². The Morgan fingerprint density at radius 1 is 1.22 bits per heavy atom. The summed E-state index contributed by atoms with van der Waals surface area (Å²) in [6, 6.07) is 14.8. The van der Waals surface area contributed by atoms with Crippen LogP contribution in [0.25, 0.3) is 0 Å². The van der Waals surface area contributed by atoms with Gasteiger partial charge in [0.1, 0.15) is 6.04 Å². The number of para-hydroxylation sites is 1. The first kappa shape index (κ1) is 22.4. The van der Waals surface area contributed by atoms with Crippen molar-refractivity contribution >= 4 is 40.9 Å². The number of carbonyl (C=O) groups excluding carboxylic acids is 1. The van der Waals surface area contributed by atoms with Crippen molar-refractivity contribution in [1.82, 2.24) is 14.8 Å². The number of carbonyl (C=O) groups is 1. The van der Waals surface area contributed by atoms with Crippen molar-refractivity contribution in [2.45, 2.75) is 44.8 Å². The quantitative estimate of drug-likeness (QED) is 0.326. The average molecular weight is 468 g/mol. The molecule has 1 atom stereocenters. The number of halogens is 1. The number of amides is 1. The molecular formula is C24H26ClN5OS. The van der Waals surface area contributed by atoms with E-state index in [9.17, 15) is 4.79 Å². The summed E-state index contributed by atoms with van der Waals surface area (Å²) >= 11 is 7.94. The molecule has 0 saturated heterocycles. The predicted octanol–water partition coefficient (Wildman–Crippen LogP) is 6.06. The lowest BCUT2D eigenvalue weighted by atomic mass is 9.95. The van der Waals surface area contributed by atoms with Crippen LogP contribution in [0.2, 0.25) is 5.02 Å². The van der Waals surface area contributed by atoms with Crippen molar-refractivity contribution in [3.05, 3.63) is 76.0 Å². The van der Waals surface area contributed by atoms with Gasteiger partial charge in [-0.3, -0.25) is 4.79 Å². The molecule has 1 aromatic heterocycles. The standard InChI is InChI=1S/C24H26ClN5OS/c1-4-5-13-32-24-28-23-26-16(3)20(22(31)27-19-12-7-6-9-15(19)2)21(30(23)29-24)17-10-8-11-18(25)14-17/h6-12,14,21H,4-5,13H2,1-3H3,(H,27,31)(H,26,28,29). The van der Waals surface area contributed by atoms with Gasteiger partial charge in [0.25, 0.3) is 5.91 Å². The highest BCUT2D eigenvalue weighted by atomic mass is 35.5. The highest BCUT2D eigenvalue weighted by Crippen LogP contribution is 2.37. The zero-order valence-corrected chi connectivity index (χ0v) is 19.9. The lowest BCUT2D eigenvalue weighted by Crippen LogP contribution is -2.31. The summed E-state index contributed by atoms with van der Waals surface area (Å²) in [6.07, 6.45) is 2.22. The number of nitrogens with one attached hydrogen (secondary N) is 2. The molecule has 3 aromatic rings. The maximum Gasteiger partial charge on any atom is 0.255 e. The Morgan fingerprint density at radius 2 is 2.03 bits per heavy atom.